The summed E-state index contributed by atoms with van der Waals surface area (Å²) < 4.78 is 2.64. The predicted molar refractivity (Wildman–Crippen MR) is 67.6 cm³/mol. The van der Waals surface area contributed by atoms with E-state index in [2.05, 4.69) is 46.7 Å². The van der Waals surface area contributed by atoms with Crippen molar-refractivity contribution >= 4 is 27.6 Å². The first kappa shape index (κ1) is 11.8. The Kier molecular flexibility index (Phi) is 3.52. The fraction of sp³-hybridized carbons (Fsp3) is 0.333. The van der Waals surface area contributed by atoms with E-state index in [1.54, 1.807) is 13.4 Å². The van der Waals surface area contributed by atoms with Gasteiger partial charge in [-0.1, -0.05) is 0 Å². The SMILES string of the molecule is CNc1ncnc(NCc2nncn2C)c1Br. The number of nitrogens with zero attached hydrogens (tertiary/aromatic N) is 5. The minimum atomic E-state index is 0.551. The van der Waals surface area contributed by atoms with Gasteiger partial charge in [-0.2, -0.15) is 0 Å². The lowest BCUT2D eigenvalue weighted by molar-refractivity contribution is 0.809. The Bertz CT molecular complexity index is 510. The van der Waals surface area contributed by atoms with Crippen LogP contribution in [0.1, 0.15) is 5.82 Å². The third-order valence-corrected chi connectivity index (χ3v) is 3.00. The second-order valence-corrected chi connectivity index (χ2v) is 4.14. The molecule has 0 amide bonds. The lowest BCUT2D eigenvalue weighted by Gasteiger charge is -2.09. The summed E-state index contributed by atoms with van der Waals surface area (Å²) in [4.78, 5) is 8.23. The molecule has 8 heteroatoms. The van der Waals surface area contributed by atoms with E-state index in [9.17, 15) is 0 Å². The van der Waals surface area contributed by atoms with Crippen LogP contribution in [0.2, 0.25) is 0 Å². The first-order valence-corrected chi connectivity index (χ1v) is 5.76. The van der Waals surface area contributed by atoms with Gasteiger partial charge in [0, 0.05) is 14.1 Å². The van der Waals surface area contributed by atoms with Crippen LogP contribution in [0.3, 0.4) is 0 Å². The molecule has 0 aliphatic heterocycles. The largest absolute Gasteiger partial charge is 0.372 e. The van der Waals surface area contributed by atoms with E-state index in [1.165, 1.54) is 6.33 Å². The van der Waals surface area contributed by atoms with Crippen LogP contribution in [0.25, 0.3) is 0 Å². The van der Waals surface area contributed by atoms with Crippen LogP contribution in [0.4, 0.5) is 11.6 Å². The molecule has 2 N–H and O–H groups in total. The molecule has 2 heterocycles. The van der Waals surface area contributed by atoms with Crippen molar-refractivity contribution in [3.63, 3.8) is 0 Å². The van der Waals surface area contributed by atoms with Gasteiger partial charge in [-0.25, -0.2) is 9.97 Å². The lowest BCUT2D eigenvalue weighted by atomic mass is 10.5. The van der Waals surface area contributed by atoms with Crippen LogP contribution in [-0.4, -0.2) is 31.8 Å². The third kappa shape index (κ3) is 2.52. The summed E-state index contributed by atoms with van der Waals surface area (Å²) in [6.07, 6.45) is 3.15. The van der Waals surface area contributed by atoms with Crippen molar-refractivity contribution in [1.29, 1.82) is 0 Å². The average molecular weight is 298 g/mol. The topological polar surface area (TPSA) is 80.6 Å². The molecule has 2 rings (SSSR count). The Morgan fingerprint density at radius 2 is 2.12 bits per heavy atom. The number of rotatable bonds is 4. The van der Waals surface area contributed by atoms with Crippen LogP contribution < -0.4 is 10.6 Å². The molecule has 0 bridgehead atoms. The van der Waals surface area contributed by atoms with Gasteiger partial charge >= 0.3 is 0 Å². The molecule has 0 aliphatic rings. The van der Waals surface area contributed by atoms with Crippen molar-refractivity contribution in [2.24, 2.45) is 7.05 Å². The molecular formula is C9H12BrN7. The van der Waals surface area contributed by atoms with Crippen LogP contribution >= 0.6 is 15.9 Å². The zero-order valence-corrected chi connectivity index (χ0v) is 11.1. The van der Waals surface area contributed by atoms with Crippen molar-refractivity contribution in [3.8, 4) is 0 Å². The normalized spacial score (nSPS) is 10.3. The molecule has 0 unspecified atom stereocenters. The molecular weight excluding hydrogens is 286 g/mol. The van der Waals surface area contributed by atoms with E-state index in [-0.39, 0.29) is 0 Å². The van der Waals surface area contributed by atoms with Gasteiger partial charge in [-0.3, -0.25) is 0 Å². The van der Waals surface area contributed by atoms with Crippen LogP contribution in [0, 0.1) is 0 Å². The number of aryl methyl sites for hydroxylation is 1. The molecule has 2 aromatic heterocycles. The maximum Gasteiger partial charge on any atom is 0.151 e. The minimum Gasteiger partial charge on any atom is -0.372 e. The molecule has 90 valence electrons. The van der Waals surface area contributed by atoms with Gasteiger partial charge in [0.15, 0.2) is 5.82 Å². The Morgan fingerprint density at radius 1 is 1.35 bits per heavy atom. The highest BCUT2D eigenvalue weighted by atomic mass is 79.9. The Labute approximate surface area is 107 Å². The highest BCUT2D eigenvalue weighted by molar-refractivity contribution is 9.10. The second kappa shape index (κ2) is 5.09. The zero-order chi connectivity index (χ0) is 12.3. The number of anilines is 2. The summed E-state index contributed by atoms with van der Waals surface area (Å²) in [7, 11) is 3.70. The first-order chi connectivity index (χ1) is 8.22. The number of aromatic nitrogens is 5. The Hall–Kier alpha value is -1.70. The fourth-order valence-electron chi connectivity index (χ4n) is 1.30. The molecule has 0 aromatic carbocycles. The summed E-state index contributed by atoms with van der Waals surface area (Å²) in [6.45, 7) is 0.551. The van der Waals surface area contributed by atoms with Crippen LogP contribution in [0.5, 0.6) is 0 Å². The van der Waals surface area contributed by atoms with Gasteiger partial charge in [0.05, 0.1) is 6.54 Å². The Morgan fingerprint density at radius 3 is 2.76 bits per heavy atom. The molecule has 2 aromatic rings. The van der Waals surface area contributed by atoms with Gasteiger partial charge in [-0.15, -0.1) is 10.2 Å². The molecule has 0 aliphatic carbocycles. The molecule has 0 radical (unpaired) electrons. The molecule has 0 saturated carbocycles. The molecule has 0 saturated heterocycles. The van der Waals surface area contributed by atoms with Crippen molar-refractivity contribution < 1.29 is 0 Å². The van der Waals surface area contributed by atoms with Crippen molar-refractivity contribution in [2.75, 3.05) is 17.7 Å². The third-order valence-electron chi connectivity index (χ3n) is 2.25. The molecule has 7 nitrogen and oxygen atoms in total. The summed E-state index contributed by atoms with van der Waals surface area (Å²) in [5.41, 5.74) is 0. The second-order valence-electron chi connectivity index (χ2n) is 3.35. The van der Waals surface area contributed by atoms with E-state index < -0.39 is 0 Å². The summed E-state index contributed by atoms with van der Waals surface area (Å²) in [5, 5.41) is 13.9. The van der Waals surface area contributed by atoms with E-state index in [0.29, 0.717) is 12.4 Å². The van der Waals surface area contributed by atoms with Gasteiger partial charge in [-0.05, 0) is 15.9 Å². The molecule has 0 fully saturated rings. The summed E-state index contributed by atoms with van der Waals surface area (Å²) in [5.74, 6) is 2.29. The quantitative estimate of drug-likeness (QED) is 0.877. The van der Waals surface area contributed by atoms with Gasteiger partial charge in [0.1, 0.15) is 28.8 Å². The summed E-state index contributed by atoms with van der Waals surface area (Å²) >= 11 is 3.43. The van der Waals surface area contributed by atoms with Gasteiger partial charge in [0.2, 0.25) is 0 Å². The van der Waals surface area contributed by atoms with E-state index >= 15 is 0 Å². The number of hydrogen-bond acceptors (Lipinski definition) is 6. The first-order valence-electron chi connectivity index (χ1n) is 4.97. The highest BCUT2D eigenvalue weighted by Crippen LogP contribution is 2.26. The van der Waals surface area contributed by atoms with Gasteiger partial charge in [0.25, 0.3) is 0 Å². The maximum atomic E-state index is 4.15. The minimum absolute atomic E-state index is 0.551. The average Bonchev–Trinajstić information content (AvgIpc) is 2.74. The van der Waals surface area contributed by atoms with E-state index in [1.807, 2.05) is 11.6 Å². The maximum absolute atomic E-state index is 4.15. The highest BCUT2D eigenvalue weighted by Gasteiger charge is 2.08. The smallest absolute Gasteiger partial charge is 0.151 e. The lowest BCUT2D eigenvalue weighted by Crippen LogP contribution is -2.08. The number of halogens is 1. The van der Waals surface area contributed by atoms with Crippen LogP contribution in [-0.2, 0) is 13.6 Å². The molecule has 0 atom stereocenters. The van der Waals surface area contributed by atoms with Crippen molar-refractivity contribution in [3.05, 3.63) is 23.0 Å². The summed E-state index contributed by atoms with van der Waals surface area (Å²) in [6, 6.07) is 0. The number of nitrogens with one attached hydrogen (secondary N) is 2. The van der Waals surface area contributed by atoms with E-state index in [4.69, 9.17) is 0 Å². The fourth-order valence-corrected chi connectivity index (χ4v) is 1.84. The molecule has 0 spiro atoms. The Balaban J connectivity index is 2.12. The van der Waals surface area contributed by atoms with E-state index in [0.717, 1.165) is 16.1 Å². The predicted octanol–water partition coefficient (Wildman–Crippen LogP) is 1.02. The molecule has 17 heavy (non-hydrogen) atoms. The van der Waals surface area contributed by atoms with Gasteiger partial charge < -0.3 is 15.2 Å². The number of hydrogen-bond donors (Lipinski definition) is 2. The zero-order valence-electron chi connectivity index (χ0n) is 9.48. The standard InChI is InChI=1S/C9H12BrN7/c1-11-8-7(10)9(14-4-13-8)12-3-6-16-15-5-17(6)2/h4-5H,3H2,1-2H3,(H2,11,12,13,14). The van der Waals surface area contributed by atoms with Crippen molar-refractivity contribution in [2.45, 2.75) is 6.54 Å². The monoisotopic (exact) mass is 297 g/mol. The van der Waals surface area contributed by atoms with Crippen molar-refractivity contribution in [1.82, 2.24) is 24.7 Å². The van der Waals surface area contributed by atoms with Crippen LogP contribution in [0.15, 0.2) is 17.1 Å².